The second-order valence-corrected chi connectivity index (χ2v) is 7.00. The average molecular weight is 446 g/mol. The van der Waals surface area contributed by atoms with Crippen molar-refractivity contribution >= 4 is 46.9 Å². The zero-order valence-electron chi connectivity index (χ0n) is 16.0. The molecule has 7 nitrogen and oxygen atoms in total. The summed E-state index contributed by atoms with van der Waals surface area (Å²) in [6, 6.07) is 13.7. The van der Waals surface area contributed by atoms with Crippen LogP contribution in [-0.4, -0.2) is 25.1 Å². The minimum absolute atomic E-state index is 0.372. The van der Waals surface area contributed by atoms with Crippen molar-refractivity contribution in [1.29, 1.82) is 0 Å². The lowest BCUT2D eigenvalue weighted by Gasteiger charge is -2.10. The minimum Gasteiger partial charge on any atom is -0.495 e. The number of carbonyl (C=O) groups is 2. The number of anilines is 1. The molecule has 0 unspecified atom stereocenters. The zero-order valence-corrected chi connectivity index (χ0v) is 17.5. The summed E-state index contributed by atoms with van der Waals surface area (Å²) in [6.07, 6.45) is 1.28. The summed E-state index contributed by atoms with van der Waals surface area (Å²) >= 11 is 11.9. The lowest BCUT2D eigenvalue weighted by atomic mass is 10.2. The van der Waals surface area contributed by atoms with Gasteiger partial charge in [-0.1, -0.05) is 29.3 Å². The molecular weight excluding hydrogens is 429 g/mol. The molecule has 3 aromatic rings. The van der Waals surface area contributed by atoms with E-state index in [1.54, 1.807) is 42.5 Å². The fourth-order valence-electron chi connectivity index (χ4n) is 2.53. The van der Waals surface area contributed by atoms with Gasteiger partial charge in [0.25, 0.3) is 0 Å². The van der Waals surface area contributed by atoms with Crippen LogP contribution >= 0.6 is 23.2 Å². The Morgan fingerprint density at radius 2 is 1.83 bits per heavy atom. The molecule has 0 fully saturated rings. The van der Waals surface area contributed by atoms with E-state index in [0.717, 1.165) is 11.1 Å². The van der Waals surface area contributed by atoms with Crippen LogP contribution in [0.25, 0.3) is 11.3 Å². The number of halogens is 2. The monoisotopic (exact) mass is 445 g/mol. The van der Waals surface area contributed by atoms with Crippen molar-refractivity contribution in [2.24, 2.45) is 5.10 Å². The molecule has 0 radical (unpaired) electrons. The molecule has 0 spiro atoms. The number of amides is 2. The fraction of sp³-hybridized carbons (Fsp3) is 0.0952. The van der Waals surface area contributed by atoms with E-state index in [4.69, 9.17) is 32.4 Å². The Bertz CT molecular complexity index is 1130. The van der Waals surface area contributed by atoms with E-state index < -0.39 is 11.8 Å². The Hall–Kier alpha value is -3.29. The standard InChI is InChI=1S/C21H17Cl2N3O4/c1-12-3-7-19(29-2)17(9-12)25-20(27)21(28)26-24-11-14-5-8-18(30-14)13-4-6-15(22)16(23)10-13/h3-11H,1-2H3,(H,25,27)(H,26,28)/b24-11+. The van der Waals surface area contributed by atoms with Crippen molar-refractivity contribution in [3.05, 3.63) is 69.9 Å². The number of carbonyl (C=O) groups excluding carboxylic acids is 2. The predicted octanol–water partition coefficient (Wildman–Crippen LogP) is 4.66. The molecular formula is C21H17Cl2N3O4. The second kappa shape index (κ2) is 9.47. The SMILES string of the molecule is COc1ccc(C)cc1NC(=O)C(=O)N/N=C/c1ccc(-c2ccc(Cl)c(Cl)c2)o1. The maximum atomic E-state index is 12.1. The van der Waals surface area contributed by atoms with Crippen molar-refractivity contribution in [1.82, 2.24) is 5.43 Å². The molecule has 2 amide bonds. The van der Waals surface area contributed by atoms with Gasteiger partial charge in [-0.3, -0.25) is 9.59 Å². The van der Waals surface area contributed by atoms with Gasteiger partial charge in [-0.15, -0.1) is 0 Å². The van der Waals surface area contributed by atoms with Crippen molar-refractivity contribution in [2.45, 2.75) is 6.92 Å². The van der Waals surface area contributed by atoms with Gasteiger partial charge in [-0.2, -0.15) is 5.10 Å². The number of furan rings is 1. The van der Waals surface area contributed by atoms with Crippen LogP contribution in [0.1, 0.15) is 11.3 Å². The predicted molar refractivity (Wildman–Crippen MR) is 116 cm³/mol. The maximum Gasteiger partial charge on any atom is 0.329 e. The minimum atomic E-state index is -0.939. The number of benzene rings is 2. The molecule has 2 aromatic carbocycles. The number of nitrogens with one attached hydrogen (secondary N) is 2. The number of aryl methyl sites for hydroxylation is 1. The van der Waals surface area contributed by atoms with Crippen LogP contribution in [0, 0.1) is 6.92 Å². The molecule has 0 atom stereocenters. The summed E-state index contributed by atoms with van der Waals surface area (Å²) in [5.74, 6) is -0.462. The molecule has 30 heavy (non-hydrogen) atoms. The van der Waals surface area contributed by atoms with E-state index >= 15 is 0 Å². The molecule has 3 rings (SSSR count). The quantitative estimate of drug-likeness (QED) is 0.339. The van der Waals surface area contributed by atoms with Gasteiger partial charge in [0.1, 0.15) is 17.3 Å². The topological polar surface area (TPSA) is 92.9 Å². The zero-order chi connectivity index (χ0) is 21.7. The van der Waals surface area contributed by atoms with E-state index in [-0.39, 0.29) is 0 Å². The van der Waals surface area contributed by atoms with Crippen molar-refractivity contribution < 1.29 is 18.7 Å². The summed E-state index contributed by atoms with van der Waals surface area (Å²) in [7, 11) is 1.47. The Labute approximate surface area is 182 Å². The number of hydrazone groups is 1. The van der Waals surface area contributed by atoms with Crippen molar-refractivity contribution in [3.8, 4) is 17.1 Å². The second-order valence-electron chi connectivity index (χ2n) is 6.19. The highest BCUT2D eigenvalue weighted by molar-refractivity contribution is 6.42. The first-order valence-electron chi connectivity index (χ1n) is 8.71. The number of ether oxygens (including phenoxy) is 1. The van der Waals surface area contributed by atoms with Crippen molar-refractivity contribution in [3.63, 3.8) is 0 Å². The number of nitrogens with zero attached hydrogens (tertiary/aromatic N) is 1. The van der Waals surface area contributed by atoms with Crippen LogP contribution in [-0.2, 0) is 9.59 Å². The molecule has 9 heteroatoms. The van der Waals surface area contributed by atoms with Crippen LogP contribution in [0.3, 0.4) is 0 Å². The third-order valence-electron chi connectivity index (χ3n) is 4.00. The molecule has 154 valence electrons. The molecule has 1 aromatic heterocycles. The average Bonchev–Trinajstić information content (AvgIpc) is 3.19. The first kappa shape index (κ1) is 21.4. The normalized spacial score (nSPS) is 10.8. The van der Waals surface area contributed by atoms with E-state index in [0.29, 0.717) is 33.0 Å². The van der Waals surface area contributed by atoms with Crippen LogP contribution in [0.5, 0.6) is 5.75 Å². The molecule has 0 bridgehead atoms. The van der Waals surface area contributed by atoms with E-state index in [1.807, 2.05) is 13.0 Å². The van der Waals surface area contributed by atoms with E-state index in [2.05, 4.69) is 15.8 Å². The number of methoxy groups -OCH3 is 1. The van der Waals surface area contributed by atoms with Crippen LogP contribution in [0.15, 0.2) is 58.0 Å². The number of rotatable bonds is 5. The Balaban J connectivity index is 1.61. The highest BCUT2D eigenvalue weighted by Gasteiger charge is 2.15. The first-order chi connectivity index (χ1) is 14.4. The smallest absolute Gasteiger partial charge is 0.329 e. The lowest BCUT2D eigenvalue weighted by Crippen LogP contribution is -2.32. The summed E-state index contributed by atoms with van der Waals surface area (Å²) in [5, 5.41) is 7.08. The molecule has 0 aliphatic rings. The van der Waals surface area contributed by atoms with Gasteiger partial charge in [-0.05, 0) is 55.0 Å². The number of hydrogen-bond acceptors (Lipinski definition) is 5. The third kappa shape index (κ3) is 5.20. The summed E-state index contributed by atoms with van der Waals surface area (Å²) in [4.78, 5) is 24.1. The third-order valence-corrected chi connectivity index (χ3v) is 4.74. The van der Waals surface area contributed by atoms with E-state index in [9.17, 15) is 9.59 Å². The summed E-state index contributed by atoms with van der Waals surface area (Å²) in [5.41, 5.74) is 4.17. The van der Waals surface area contributed by atoms with E-state index in [1.165, 1.54) is 13.3 Å². The molecule has 2 N–H and O–H groups in total. The summed E-state index contributed by atoms with van der Waals surface area (Å²) < 4.78 is 10.8. The molecule has 0 saturated carbocycles. The number of hydrogen-bond donors (Lipinski definition) is 2. The van der Waals surface area contributed by atoms with Gasteiger partial charge in [0.05, 0.1) is 29.1 Å². The van der Waals surface area contributed by atoms with Crippen LogP contribution in [0.2, 0.25) is 10.0 Å². The highest BCUT2D eigenvalue weighted by Crippen LogP contribution is 2.29. The molecule has 0 aliphatic heterocycles. The fourth-order valence-corrected chi connectivity index (χ4v) is 2.83. The highest BCUT2D eigenvalue weighted by atomic mass is 35.5. The molecule has 0 saturated heterocycles. The van der Waals surface area contributed by atoms with Crippen LogP contribution in [0.4, 0.5) is 5.69 Å². The van der Waals surface area contributed by atoms with Gasteiger partial charge < -0.3 is 14.5 Å². The first-order valence-corrected chi connectivity index (χ1v) is 9.47. The van der Waals surface area contributed by atoms with Crippen molar-refractivity contribution in [2.75, 3.05) is 12.4 Å². The lowest BCUT2D eigenvalue weighted by molar-refractivity contribution is -0.136. The molecule has 1 heterocycles. The van der Waals surface area contributed by atoms with Gasteiger partial charge >= 0.3 is 11.8 Å². The molecule has 0 aliphatic carbocycles. The Morgan fingerprint density at radius 1 is 1.03 bits per heavy atom. The summed E-state index contributed by atoms with van der Waals surface area (Å²) in [6.45, 7) is 1.86. The van der Waals surface area contributed by atoms with Gasteiger partial charge in [-0.25, -0.2) is 5.43 Å². The largest absolute Gasteiger partial charge is 0.495 e. The Kier molecular flexibility index (Phi) is 6.76. The Morgan fingerprint density at radius 3 is 2.57 bits per heavy atom. The van der Waals surface area contributed by atoms with Crippen LogP contribution < -0.4 is 15.5 Å². The van der Waals surface area contributed by atoms with Gasteiger partial charge in [0.15, 0.2) is 0 Å². The van der Waals surface area contributed by atoms with Gasteiger partial charge in [0.2, 0.25) is 0 Å². The van der Waals surface area contributed by atoms with Gasteiger partial charge in [0, 0.05) is 5.56 Å². The maximum absolute atomic E-state index is 12.1.